The largest absolute Gasteiger partial charge is 0.472 e. The zero-order valence-electron chi connectivity index (χ0n) is 42.8. The summed E-state index contributed by atoms with van der Waals surface area (Å²) in [6.45, 7) is 4.36. The van der Waals surface area contributed by atoms with E-state index in [9.17, 15) is 28.9 Å². The van der Waals surface area contributed by atoms with E-state index >= 15 is 0 Å². The molecule has 68 heavy (non-hydrogen) atoms. The number of unbranched alkanes of at least 4 members (excludes halogenated alkanes) is 17. The molecule has 390 valence electrons. The molecule has 0 saturated carbocycles. The number of hydrogen-bond donors (Lipinski definition) is 2. The van der Waals surface area contributed by atoms with E-state index in [1.165, 1.54) is 44.9 Å². The number of phosphoric ester groups is 1. The molecule has 11 nitrogen and oxygen atoms in total. The average Bonchev–Trinajstić information content (AvgIpc) is 3.32. The highest BCUT2D eigenvalue weighted by atomic mass is 31.2. The Morgan fingerprint density at radius 1 is 0.426 bits per heavy atom. The number of phosphoric acid groups is 1. The Morgan fingerprint density at radius 3 is 1.29 bits per heavy atom. The van der Waals surface area contributed by atoms with Gasteiger partial charge in [0.25, 0.3) is 0 Å². The van der Waals surface area contributed by atoms with Gasteiger partial charge in [-0.25, -0.2) is 4.57 Å². The lowest BCUT2D eigenvalue weighted by Gasteiger charge is -2.21. The zero-order chi connectivity index (χ0) is 49.9. The van der Waals surface area contributed by atoms with Gasteiger partial charge in [0, 0.05) is 19.3 Å². The number of carbonyl (C=O) groups excluding carboxylic acids is 3. The second kappa shape index (κ2) is 50.1. The van der Waals surface area contributed by atoms with Crippen LogP contribution in [-0.2, 0) is 42.2 Å². The highest BCUT2D eigenvalue weighted by Crippen LogP contribution is 2.43. The molecule has 0 aliphatic carbocycles. The van der Waals surface area contributed by atoms with E-state index in [1.807, 2.05) is 12.2 Å². The highest BCUT2D eigenvalue weighted by molar-refractivity contribution is 7.47. The normalized spacial score (nSPS) is 14.1. The third kappa shape index (κ3) is 47.7. The molecular formula is C56H95O11P. The molecule has 0 aliphatic heterocycles. The quantitative estimate of drug-likeness (QED) is 0.0197. The first-order valence-electron chi connectivity index (χ1n) is 26.5. The van der Waals surface area contributed by atoms with Crippen molar-refractivity contribution in [3.05, 3.63) is 85.1 Å². The summed E-state index contributed by atoms with van der Waals surface area (Å²) in [5.41, 5.74) is 0. The van der Waals surface area contributed by atoms with Gasteiger partial charge in [0.1, 0.15) is 12.7 Å². The fourth-order valence-corrected chi connectivity index (χ4v) is 7.57. The second-order valence-electron chi connectivity index (χ2n) is 17.3. The molecular weight excluding hydrogens is 880 g/mol. The molecule has 0 rings (SSSR count). The first kappa shape index (κ1) is 64.7. The van der Waals surface area contributed by atoms with E-state index < -0.39 is 57.8 Å². The van der Waals surface area contributed by atoms with Gasteiger partial charge in [-0.2, -0.15) is 0 Å². The van der Waals surface area contributed by atoms with Gasteiger partial charge in [-0.3, -0.25) is 23.4 Å². The molecule has 0 aromatic carbocycles. The maximum Gasteiger partial charge on any atom is 0.472 e. The SMILES string of the molecule is CC/C=C\C/C=C\C/C=C\C/C=C\C/C=C\CCCC(=O)OC(COC(=O)CCCCCCC/C=C\C/C=C\CCC)COP(=O)(O)OCC(CO)OC(=O)CCCCCCCCCCCCC. The van der Waals surface area contributed by atoms with Crippen LogP contribution in [0.1, 0.15) is 213 Å². The molecule has 0 fully saturated rings. The summed E-state index contributed by atoms with van der Waals surface area (Å²) in [6.07, 6.45) is 55.6. The summed E-state index contributed by atoms with van der Waals surface area (Å²) >= 11 is 0. The smallest absolute Gasteiger partial charge is 0.462 e. The highest BCUT2D eigenvalue weighted by Gasteiger charge is 2.28. The summed E-state index contributed by atoms with van der Waals surface area (Å²) in [6, 6.07) is 0. The summed E-state index contributed by atoms with van der Waals surface area (Å²) in [5.74, 6) is -1.56. The van der Waals surface area contributed by atoms with Crippen molar-refractivity contribution in [3.8, 4) is 0 Å². The molecule has 0 radical (unpaired) electrons. The molecule has 0 spiro atoms. The van der Waals surface area contributed by atoms with Crippen LogP contribution in [0.5, 0.6) is 0 Å². The van der Waals surface area contributed by atoms with Gasteiger partial charge in [-0.1, -0.05) is 196 Å². The maximum atomic E-state index is 12.8. The number of ether oxygens (including phenoxy) is 3. The summed E-state index contributed by atoms with van der Waals surface area (Å²) < 4.78 is 39.3. The maximum absolute atomic E-state index is 12.8. The Labute approximate surface area is 413 Å². The number of hydrogen-bond acceptors (Lipinski definition) is 10. The van der Waals surface area contributed by atoms with Crippen LogP contribution in [0, 0.1) is 0 Å². The van der Waals surface area contributed by atoms with Crippen molar-refractivity contribution in [2.75, 3.05) is 26.4 Å². The fraction of sp³-hybridized carbons (Fsp3) is 0.696. The topological polar surface area (TPSA) is 155 Å². The van der Waals surface area contributed by atoms with Crippen LogP contribution < -0.4 is 0 Å². The molecule has 12 heteroatoms. The van der Waals surface area contributed by atoms with E-state index in [4.69, 9.17) is 23.3 Å². The van der Waals surface area contributed by atoms with E-state index in [0.717, 1.165) is 103 Å². The summed E-state index contributed by atoms with van der Waals surface area (Å²) in [4.78, 5) is 48.3. The van der Waals surface area contributed by atoms with Crippen LogP contribution in [0.25, 0.3) is 0 Å². The van der Waals surface area contributed by atoms with Crippen molar-refractivity contribution in [3.63, 3.8) is 0 Å². The van der Waals surface area contributed by atoms with Gasteiger partial charge in [0.2, 0.25) is 0 Å². The molecule has 0 aromatic rings. The van der Waals surface area contributed by atoms with Crippen molar-refractivity contribution >= 4 is 25.7 Å². The second-order valence-corrected chi connectivity index (χ2v) is 18.8. The Hall–Kier alpha value is -3.34. The van der Waals surface area contributed by atoms with Crippen molar-refractivity contribution in [1.82, 2.24) is 0 Å². The molecule has 3 unspecified atom stereocenters. The van der Waals surface area contributed by atoms with Crippen molar-refractivity contribution in [2.24, 2.45) is 0 Å². The standard InChI is InChI=1S/C56H95O11P/c1-4-7-10-13-16-19-22-24-25-26-27-29-32-35-38-41-44-47-56(60)67-53(49-63-54(58)45-42-39-36-33-31-28-23-20-17-14-11-8-5-2)51-65-68(61,62)64-50-52(48-57)66-55(59)46-43-40-37-34-30-21-18-15-12-9-6-3/h7,10-11,14,16,19-20,23-25,27,29,35,38,52-53,57H,4-6,8-9,12-13,15,17-18,21-22,26,28,30-34,36-37,39-51H2,1-3H3,(H,61,62)/b10-7-,14-11-,19-16-,23-20-,25-24-,29-27-,38-35-. The first-order valence-corrected chi connectivity index (χ1v) is 28.0. The average molecular weight is 975 g/mol. The molecule has 0 amide bonds. The molecule has 0 heterocycles. The van der Waals surface area contributed by atoms with E-state index in [0.29, 0.717) is 25.7 Å². The van der Waals surface area contributed by atoms with Crippen molar-refractivity contribution in [2.45, 2.75) is 226 Å². The van der Waals surface area contributed by atoms with Gasteiger partial charge in [0.05, 0.1) is 19.8 Å². The van der Waals surface area contributed by atoms with Gasteiger partial charge in [0.15, 0.2) is 6.10 Å². The number of esters is 3. The number of allylic oxidation sites excluding steroid dienone is 14. The number of carbonyl (C=O) groups is 3. The lowest BCUT2D eigenvalue weighted by atomic mass is 10.1. The third-order valence-electron chi connectivity index (χ3n) is 10.8. The van der Waals surface area contributed by atoms with Crippen molar-refractivity contribution in [1.29, 1.82) is 0 Å². The Balaban J connectivity index is 4.86. The van der Waals surface area contributed by atoms with Crippen LogP contribution in [0.2, 0.25) is 0 Å². The zero-order valence-corrected chi connectivity index (χ0v) is 43.7. The predicted molar refractivity (Wildman–Crippen MR) is 279 cm³/mol. The molecule has 0 bridgehead atoms. The monoisotopic (exact) mass is 975 g/mol. The minimum atomic E-state index is -4.76. The molecule has 0 aromatic heterocycles. The van der Waals surface area contributed by atoms with Crippen LogP contribution >= 0.6 is 7.82 Å². The Bertz CT molecular complexity index is 1460. The van der Waals surface area contributed by atoms with Gasteiger partial charge in [-0.05, 0) is 83.5 Å². The number of aliphatic hydroxyl groups excluding tert-OH is 1. The van der Waals surface area contributed by atoms with Crippen LogP contribution in [0.4, 0.5) is 0 Å². The Kier molecular flexibility index (Phi) is 47.6. The van der Waals surface area contributed by atoms with Crippen LogP contribution in [-0.4, -0.2) is 66.5 Å². The summed E-state index contributed by atoms with van der Waals surface area (Å²) in [5, 5.41) is 9.77. The molecule has 3 atom stereocenters. The lowest BCUT2D eigenvalue weighted by Crippen LogP contribution is -2.30. The van der Waals surface area contributed by atoms with E-state index in [2.05, 4.69) is 93.7 Å². The molecule has 2 N–H and O–H groups in total. The van der Waals surface area contributed by atoms with Gasteiger partial charge in [-0.15, -0.1) is 0 Å². The minimum Gasteiger partial charge on any atom is -0.462 e. The number of rotatable bonds is 48. The fourth-order valence-electron chi connectivity index (χ4n) is 6.78. The third-order valence-corrected chi connectivity index (χ3v) is 11.7. The first-order chi connectivity index (χ1) is 33.2. The predicted octanol–water partition coefficient (Wildman–Crippen LogP) is 15.1. The van der Waals surface area contributed by atoms with Crippen LogP contribution in [0.3, 0.4) is 0 Å². The van der Waals surface area contributed by atoms with E-state index in [-0.39, 0.29) is 25.9 Å². The minimum absolute atomic E-state index is 0.0839. The van der Waals surface area contributed by atoms with Gasteiger partial charge >= 0.3 is 25.7 Å². The van der Waals surface area contributed by atoms with Gasteiger partial charge < -0.3 is 24.2 Å². The van der Waals surface area contributed by atoms with E-state index in [1.54, 1.807) is 0 Å². The van der Waals surface area contributed by atoms with Crippen molar-refractivity contribution < 1.29 is 52.2 Å². The molecule has 0 aliphatic rings. The lowest BCUT2D eigenvalue weighted by molar-refractivity contribution is -0.161. The summed E-state index contributed by atoms with van der Waals surface area (Å²) in [7, 11) is -4.76. The Morgan fingerprint density at radius 2 is 0.809 bits per heavy atom. The number of aliphatic hydroxyl groups is 1. The molecule has 0 saturated heterocycles. The van der Waals surface area contributed by atoms with Crippen LogP contribution in [0.15, 0.2) is 85.1 Å².